The molecule has 1 aliphatic heterocycles. The Labute approximate surface area is 92.5 Å². The van der Waals surface area contributed by atoms with Crippen LogP contribution >= 0.6 is 0 Å². The van der Waals surface area contributed by atoms with Crippen LogP contribution < -0.4 is 5.32 Å². The average molecular weight is 213 g/mol. The van der Waals surface area contributed by atoms with E-state index < -0.39 is 0 Å². The Kier molecular flexibility index (Phi) is 3.65. The molecule has 15 heavy (non-hydrogen) atoms. The summed E-state index contributed by atoms with van der Waals surface area (Å²) in [6.07, 6.45) is 5.04. The normalized spacial score (nSPS) is 34.8. The van der Waals surface area contributed by atoms with Crippen molar-refractivity contribution in [2.75, 3.05) is 19.8 Å². The Hall–Kier alpha value is -0.120. The van der Waals surface area contributed by atoms with Crippen LogP contribution in [0.3, 0.4) is 0 Å². The Morgan fingerprint density at radius 3 is 2.60 bits per heavy atom. The quantitative estimate of drug-likeness (QED) is 0.774. The highest BCUT2D eigenvalue weighted by Crippen LogP contribution is 2.26. The minimum absolute atomic E-state index is 0.325. The summed E-state index contributed by atoms with van der Waals surface area (Å²) in [4.78, 5) is 0. The van der Waals surface area contributed by atoms with Crippen LogP contribution in [0.5, 0.6) is 0 Å². The van der Waals surface area contributed by atoms with Crippen LogP contribution in [-0.2, 0) is 9.47 Å². The Balaban J connectivity index is 1.65. The molecule has 0 radical (unpaired) electrons. The lowest BCUT2D eigenvalue weighted by Crippen LogP contribution is -2.37. The van der Waals surface area contributed by atoms with Gasteiger partial charge >= 0.3 is 0 Å². The molecule has 2 fully saturated rings. The first-order valence-corrected chi connectivity index (χ1v) is 6.21. The van der Waals surface area contributed by atoms with Crippen LogP contribution in [0.15, 0.2) is 0 Å². The zero-order chi connectivity index (χ0) is 10.7. The van der Waals surface area contributed by atoms with Crippen molar-refractivity contribution in [2.45, 2.75) is 51.4 Å². The highest BCUT2D eigenvalue weighted by molar-refractivity contribution is 4.81. The predicted molar refractivity (Wildman–Crippen MR) is 59.7 cm³/mol. The van der Waals surface area contributed by atoms with Crippen LogP contribution in [0, 0.1) is 5.92 Å². The molecule has 0 spiro atoms. The second-order valence-corrected chi connectivity index (χ2v) is 5.05. The lowest BCUT2D eigenvalue weighted by Gasteiger charge is -2.24. The fourth-order valence-electron chi connectivity index (χ4n) is 2.63. The minimum atomic E-state index is -0.325. The zero-order valence-corrected chi connectivity index (χ0v) is 9.92. The van der Waals surface area contributed by atoms with E-state index in [1.807, 2.05) is 6.92 Å². The van der Waals surface area contributed by atoms with Crippen LogP contribution in [0.4, 0.5) is 0 Å². The summed E-state index contributed by atoms with van der Waals surface area (Å²) < 4.78 is 11.1. The molecule has 3 heteroatoms. The number of nitrogens with one attached hydrogen (secondary N) is 1. The maximum absolute atomic E-state index is 5.57. The lowest BCUT2D eigenvalue weighted by molar-refractivity contribution is -0.145. The summed E-state index contributed by atoms with van der Waals surface area (Å²) >= 11 is 0. The predicted octanol–water partition coefficient (Wildman–Crippen LogP) is 1.92. The standard InChI is InChI=1S/C12H23NO2/c1-10-4-3-5-11(10)13-7-6-12(2)14-8-9-15-12/h10-11,13H,3-9H2,1-2H3. The summed E-state index contributed by atoms with van der Waals surface area (Å²) in [5.74, 6) is 0.512. The van der Waals surface area contributed by atoms with Crippen LogP contribution in [-0.4, -0.2) is 31.6 Å². The van der Waals surface area contributed by atoms with Crippen molar-refractivity contribution in [3.05, 3.63) is 0 Å². The fourth-order valence-corrected chi connectivity index (χ4v) is 2.63. The third-order valence-corrected chi connectivity index (χ3v) is 3.75. The van der Waals surface area contributed by atoms with Crippen molar-refractivity contribution >= 4 is 0 Å². The summed E-state index contributed by atoms with van der Waals surface area (Å²) in [7, 11) is 0. The van der Waals surface area contributed by atoms with Gasteiger partial charge in [0.05, 0.1) is 13.2 Å². The number of rotatable bonds is 4. The Morgan fingerprint density at radius 1 is 1.27 bits per heavy atom. The minimum Gasteiger partial charge on any atom is -0.348 e. The van der Waals surface area contributed by atoms with Crippen LogP contribution in [0.1, 0.15) is 39.5 Å². The van der Waals surface area contributed by atoms with Crippen molar-refractivity contribution < 1.29 is 9.47 Å². The molecule has 0 aromatic heterocycles. The topological polar surface area (TPSA) is 30.5 Å². The van der Waals surface area contributed by atoms with E-state index in [4.69, 9.17) is 9.47 Å². The van der Waals surface area contributed by atoms with Gasteiger partial charge in [-0.15, -0.1) is 0 Å². The highest BCUT2D eigenvalue weighted by Gasteiger charge is 2.31. The van der Waals surface area contributed by atoms with Gasteiger partial charge in [-0.3, -0.25) is 0 Å². The van der Waals surface area contributed by atoms with E-state index in [1.165, 1.54) is 19.3 Å². The molecule has 1 saturated heterocycles. The molecule has 1 aliphatic carbocycles. The zero-order valence-electron chi connectivity index (χ0n) is 9.92. The molecular weight excluding hydrogens is 190 g/mol. The molecule has 1 N–H and O–H groups in total. The van der Waals surface area contributed by atoms with Gasteiger partial charge in [0.2, 0.25) is 0 Å². The third kappa shape index (κ3) is 2.92. The first-order valence-electron chi connectivity index (χ1n) is 6.21. The van der Waals surface area contributed by atoms with Gasteiger partial charge in [-0.05, 0) is 25.7 Å². The lowest BCUT2D eigenvalue weighted by atomic mass is 10.1. The van der Waals surface area contributed by atoms with E-state index in [1.54, 1.807) is 0 Å². The highest BCUT2D eigenvalue weighted by atomic mass is 16.7. The monoisotopic (exact) mass is 213 g/mol. The molecular formula is C12H23NO2. The molecule has 1 heterocycles. The Morgan fingerprint density at radius 2 is 2.00 bits per heavy atom. The first kappa shape index (κ1) is 11.4. The van der Waals surface area contributed by atoms with Crippen molar-refractivity contribution in [3.63, 3.8) is 0 Å². The fraction of sp³-hybridized carbons (Fsp3) is 1.00. The molecule has 1 saturated carbocycles. The van der Waals surface area contributed by atoms with E-state index in [0.29, 0.717) is 0 Å². The summed E-state index contributed by atoms with van der Waals surface area (Å²) in [6.45, 7) is 6.88. The second kappa shape index (κ2) is 4.81. The van der Waals surface area contributed by atoms with Crippen LogP contribution in [0.2, 0.25) is 0 Å². The molecule has 2 aliphatic rings. The average Bonchev–Trinajstić information content (AvgIpc) is 2.78. The number of hydrogen-bond acceptors (Lipinski definition) is 3. The van der Waals surface area contributed by atoms with Crippen molar-refractivity contribution in [1.29, 1.82) is 0 Å². The van der Waals surface area contributed by atoms with Crippen molar-refractivity contribution in [1.82, 2.24) is 5.32 Å². The molecule has 2 rings (SSSR count). The van der Waals surface area contributed by atoms with Gasteiger partial charge in [0.15, 0.2) is 5.79 Å². The van der Waals surface area contributed by atoms with Crippen molar-refractivity contribution in [2.24, 2.45) is 5.92 Å². The van der Waals surface area contributed by atoms with E-state index >= 15 is 0 Å². The first-order chi connectivity index (χ1) is 7.20. The molecule has 0 aromatic carbocycles. The van der Waals surface area contributed by atoms with Gasteiger partial charge in [-0.1, -0.05) is 13.3 Å². The summed E-state index contributed by atoms with van der Waals surface area (Å²) in [5.41, 5.74) is 0. The van der Waals surface area contributed by atoms with Crippen LogP contribution in [0.25, 0.3) is 0 Å². The smallest absolute Gasteiger partial charge is 0.166 e. The van der Waals surface area contributed by atoms with Gasteiger partial charge in [-0.2, -0.15) is 0 Å². The SMILES string of the molecule is CC1CCCC1NCCC1(C)OCCO1. The molecule has 0 bridgehead atoms. The van der Waals surface area contributed by atoms with Gasteiger partial charge in [0.25, 0.3) is 0 Å². The van der Waals surface area contributed by atoms with Crippen molar-refractivity contribution in [3.8, 4) is 0 Å². The molecule has 3 nitrogen and oxygen atoms in total. The van der Waals surface area contributed by atoms with E-state index in [2.05, 4.69) is 12.2 Å². The van der Waals surface area contributed by atoms with Gasteiger partial charge in [0, 0.05) is 19.0 Å². The van der Waals surface area contributed by atoms with E-state index in [0.717, 1.165) is 38.1 Å². The maximum atomic E-state index is 5.57. The number of ether oxygens (including phenoxy) is 2. The second-order valence-electron chi connectivity index (χ2n) is 5.05. The Bertz CT molecular complexity index is 202. The van der Waals surface area contributed by atoms with Gasteiger partial charge < -0.3 is 14.8 Å². The third-order valence-electron chi connectivity index (χ3n) is 3.75. The van der Waals surface area contributed by atoms with Gasteiger partial charge in [0.1, 0.15) is 0 Å². The van der Waals surface area contributed by atoms with E-state index in [-0.39, 0.29) is 5.79 Å². The maximum Gasteiger partial charge on any atom is 0.166 e. The summed E-state index contributed by atoms with van der Waals surface area (Å²) in [5, 5.41) is 3.62. The molecule has 2 atom stereocenters. The molecule has 2 unspecified atom stereocenters. The largest absolute Gasteiger partial charge is 0.348 e. The molecule has 88 valence electrons. The molecule has 0 aromatic rings. The summed E-state index contributed by atoms with van der Waals surface area (Å²) in [6, 6.07) is 0.718. The van der Waals surface area contributed by atoms with E-state index in [9.17, 15) is 0 Å². The number of hydrogen-bond donors (Lipinski definition) is 1. The molecule has 0 amide bonds. The van der Waals surface area contributed by atoms with Gasteiger partial charge in [-0.25, -0.2) is 0 Å².